The zero-order valence-electron chi connectivity index (χ0n) is 10.0. The number of amides is 1. The van der Waals surface area contributed by atoms with Crippen molar-refractivity contribution in [3.8, 4) is 0 Å². The number of rotatable bonds is 0. The smallest absolute Gasteiger partial charge is 0.402 e. The van der Waals surface area contributed by atoms with Gasteiger partial charge in [0.1, 0.15) is 0 Å². The third-order valence-corrected chi connectivity index (χ3v) is 2.41. The Labute approximate surface area is 97.8 Å². The number of carbonyl (C=O) groups is 1. The van der Waals surface area contributed by atoms with Crippen LogP contribution in [0, 0.1) is 0 Å². The summed E-state index contributed by atoms with van der Waals surface area (Å²) in [4.78, 5) is 8.78. The fourth-order valence-electron chi connectivity index (χ4n) is 1.60. The summed E-state index contributed by atoms with van der Waals surface area (Å²) in [5, 5.41) is 13.8. The van der Waals surface area contributed by atoms with Crippen LogP contribution in [0.1, 0.15) is 38.5 Å². The fourth-order valence-corrected chi connectivity index (χ4v) is 1.60. The molecule has 2 saturated heterocycles. The second kappa shape index (κ2) is 12.3. The first kappa shape index (κ1) is 15.2. The van der Waals surface area contributed by atoms with Crippen LogP contribution in [0.25, 0.3) is 0 Å². The maximum atomic E-state index is 8.78. The Hall–Kier alpha value is -0.810. The summed E-state index contributed by atoms with van der Waals surface area (Å²) in [6.45, 7) is 5.00. The SMILES string of the molecule is C1CCNCC1.C1CCNCC1.NC(=O)O. The summed E-state index contributed by atoms with van der Waals surface area (Å²) in [5.74, 6) is 0. The van der Waals surface area contributed by atoms with Crippen LogP contribution >= 0.6 is 0 Å². The predicted molar refractivity (Wildman–Crippen MR) is 65.7 cm³/mol. The monoisotopic (exact) mass is 231 g/mol. The van der Waals surface area contributed by atoms with Crippen LogP contribution in [0.4, 0.5) is 4.79 Å². The highest BCUT2D eigenvalue weighted by atomic mass is 16.4. The summed E-state index contributed by atoms with van der Waals surface area (Å²) >= 11 is 0. The molecule has 0 saturated carbocycles. The first-order chi connectivity index (χ1) is 7.73. The van der Waals surface area contributed by atoms with Gasteiger partial charge in [-0.3, -0.25) is 0 Å². The number of carboxylic acid groups (broad SMARTS) is 1. The molecule has 0 aromatic heterocycles. The molecule has 2 aliphatic rings. The van der Waals surface area contributed by atoms with E-state index in [4.69, 9.17) is 9.90 Å². The number of hydrogen-bond donors (Lipinski definition) is 4. The molecule has 5 N–H and O–H groups in total. The number of piperidine rings is 2. The number of nitrogens with one attached hydrogen (secondary N) is 2. The summed E-state index contributed by atoms with van der Waals surface area (Å²) in [6, 6.07) is 0. The van der Waals surface area contributed by atoms with Crippen molar-refractivity contribution in [1.82, 2.24) is 10.6 Å². The molecule has 0 spiro atoms. The average molecular weight is 231 g/mol. The lowest BCUT2D eigenvalue weighted by atomic mass is 10.2. The minimum absolute atomic E-state index is 1.25. The Kier molecular flexibility index (Phi) is 11.6. The van der Waals surface area contributed by atoms with Gasteiger partial charge in [0.25, 0.3) is 0 Å². The largest absolute Gasteiger partial charge is 0.465 e. The van der Waals surface area contributed by atoms with Gasteiger partial charge in [-0.25, -0.2) is 4.79 Å². The first-order valence-corrected chi connectivity index (χ1v) is 6.13. The molecule has 2 aliphatic heterocycles. The number of primary amides is 1. The summed E-state index contributed by atoms with van der Waals surface area (Å²) in [5.41, 5.74) is 4.03. The Balaban J connectivity index is 0.000000217. The van der Waals surface area contributed by atoms with E-state index >= 15 is 0 Å². The molecule has 5 nitrogen and oxygen atoms in total. The lowest BCUT2D eigenvalue weighted by Crippen LogP contribution is -2.21. The van der Waals surface area contributed by atoms with Crippen molar-refractivity contribution in [2.24, 2.45) is 5.73 Å². The van der Waals surface area contributed by atoms with E-state index in [9.17, 15) is 0 Å². The molecule has 0 unspecified atom stereocenters. The molecule has 2 rings (SSSR count). The van der Waals surface area contributed by atoms with E-state index < -0.39 is 6.09 Å². The molecular formula is C11H25N3O2. The summed E-state index contributed by atoms with van der Waals surface area (Å²) in [6.07, 6.45) is 7.10. The highest BCUT2D eigenvalue weighted by Crippen LogP contribution is 1.97. The van der Waals surface area contributed by atoms with Gasteiger partial charge in [-0.1, -0.05) is 12.8 Å². The lowest BCUT2D eigenvalue weighted by molar-refractivity contribution is 0.205. The van der Waals surface area contributed by atoms with Crippen LogP contribution in [0.15, 0.2) is 0 Å². The summed E-state index contributed by atoms with van der Waals surface area (Å²) < 4.78 is 0. The predicted octanol–water partition coefficient (Wildman–Crippen LogP) is 1.14. The maximum Gasteiger partial charge on any atom is 0.402 e. The normalized spacial score (nSPS) is 19.5. The Bertz CT molecular complexity index is 118. The standard InChI is InChI=1S/2C5H11N.CH3NO2/c2*1-2-4-6-5-3-1;2-1(3)4/h2*6H,1-5H2;2H2,(H,3,4). The van der Waals surface area contributed by atoms with E-state index in [1.54, 1.807) is 0 Å². The number of nitrogens with two attached hydrogens (primary N) is 1. The van der Waals surface area contributed by atoms with Crippen LogP contribution in [0.5, 0.6) is 0 Å². The molecule has 5 heteroatoms. The third kappa shape index (κ3) is 15.7. The molecule has 0 aromatic rings. The Morgan fingerprint density at radius 2 is 1.06 bits per heavy atom. The van der Waals surface area contributed by atoms with E-state index in [0.717, 1.165) is 0 Å². The van der Waals surface area contributed by atoms with Crippen molar-refractivity contribution in [1.29, 1.82) is 0 Å². The zero-order chi connectivity index (χ0) is 12.1. The van der Waals surface area contributed by atoms with Crippen LogP contribution in [0.3, 0.4) is 0 Å². The van der Waals surface area contributed by atoms with E-state index in [1.807, 2.05) is 0 Å². The van der Waals surface area contributed by atoms with Gasteiger partial charge in [0.05, 0.1) is 0 Å². The van der Waals surface area contributed by atoms with Gasteiger partial charge in [0.2, 0.25) is 0 Å². The van der Waals surface area contributed by atoms with Crippen LogP contribution in [-0.2, 0) is 0 Å². The van der Waals surface area contributed by atoms with Gasteiger partial charge in [0, 0.05) is 0 Å². The second-order valence-corrected chi connectivity index (χ2v) is 3.96. The maximum absolute atomic E-state index is 8.78. The van der Waals surface area contributed by atoms with Gasteiger partial charge in [0.15, 0.2) is 0 Å². The zero-order valence-corrected chi connectivity index (χ0v) is 10.0. The lowest BCUT2D eigenvalue weighted by Gasteiger charge is -2.08. The molecule has 0 aromatic carbocycles. The molecule has 0 atom stereocenters. The fraction of sp³-hybridized carbons (Fsp3) is 0.909. The molecule has 2 heterocycles. The van der Waals surface area contributed by atoms with Crippen molar-refractivity contribution in [2.45, 2.75) is 38.5 Å². The molecule has 0 radical (unpaired) electrons. The van der Waals surface area contributed by atoms with E-state index in [2.05, 4.69) is 16.4 Å². The average Bonchev–Trinajstić information content (AvgIpc) is 2.34. The van der Waals surface area contributed by atoms with Crippen LogP contribution < -0.4 is 16.4 Å². The molecule has 16 heavy (non-hydrogen) atoms. The van der Waals surface area contributed by atoms with E-state index in [1.165, 1.54) is 64.7 Å². The highest BCUT2D eigenvalue weighted by Gasteiger charge is 1.94. The van der Waals surface area contributed by atoms with E-state index in [-0.39, 0.29) is 0 Å². The minimum atomic E-state index is -1.33. The molecular weight excluding hydrogens is 206 g/mol. The van der Waals surface area contributed by atoms with Crippen molar-refractivity contribution in [2.75, 3.05) is 26.2 Å². The van der Waals surface area contributed by atoms with Gasteiger partial charge >= 0.3 is 6.09 Å². The van der Waals surface area contributed by atoms with Crippen molar-refractivity contribution in [3.63, 3.8) is 0 Å². The van der Waals surface area contributed by atoms with Gasteiger partial charge in [-0.2, -0.15) is 0 Å². The molecule has 2 fully saturated rings. The summed E-state index contributed by atoms with van der Waals surface area (Å²) in [7, 11) is 0. The van der Waals surface area contributed by atoms with Gasteiger partial charge in [-0.15, -0.1) is 0 Å². The number of hydrogen-bond acceptors (Lipinski definition) is 3. The Morgan fingerprint density at radius 1 is 0.812 bits per heavy atom. The van der Waals surface area contributed by atoms with Gasteiger partial charge < -0.3 is 21.5 Å². The highest BCUT2D eigenvalue weighted by molar-refractivity contribution is 5.61. The van der Waals surface area contributed by atoms with Crippen LogP contribution in [-0.4, -0.2) is 37.4 Å². The van der Waals surface area contributed by atoms with Crippen molar-refractivity contribution < 1.29 is 9.90 Å². The van der Waals surface area contributed by atoms with Gasteiger partial charge in [-0.05, 0) is 51.9 Å². The molecule has 0 bridgehead atoms. The van der Waals surface area contributed by atoms with E-state index in [0.29, 0.717) is 0 Å². The minimum Gasteiger partial charge on any atom is -0.465 e. The molecule has 1 amide bonds. The Morgan fingerprint density at radius 3 is 1.12 bits per heavy atom. The first-order valence-electron chi connectivity index (χ1n) is 6.13. The van der Waals surface area contributed by atoms with Crippen molar-refractivity contribution >= 4 is 6.09 Å². The molecule has 96 valence electrons. The topological polar surface area (TPSA) is 87.4 Å². The second-order valence-electron chi connectivity index (χ2n) is 3.96. The van der Waals surface area contributed by atoms with Crippen molar-refractivity contribution in [3.05, 3.63) is 0 Å². The third-order valence-electron chi connectivity index (χ3n) is 2.41. The molecule has 0 aliphatic carbocycles. The quantitative estimate of drug-likeness (QED) is 0.503. The van der Waals surface area contributed by atoms with Crippen LogP contribution in [0.2, 0.25) is 0 Å².